The Bertz CT molecular complexity index is 551. The van der Waals surface area contributed by atoms with E-state index in [4.69, 9.17) is 5.11 Å². The lowest BCUT2D eigenvalue weighted by Crippen LogP contribution is -2.26. The molecule has 0 amide bonds. The monoisotopic (exact) mass is 285 g/mol. The van der Waals surface area contributed by atoms with E-state index in [9.17, 15) is 4.39 Å². The quantitative estimate of drug-likeness (QED) is 0.843. The first-order valence-corrected chi connectivity index (χ1v) is 7.07. The van der Waals surface area contributed by atoms with Gasteiger partial charge >= 0.3 is 0 Å². The summed E-state index contributed by atoms with van der Waals surface area (Å²) < 4.78 is 12.9. The fourth-order valence-electron chi connectivity index (χ4n) is 2.13. The summed E-state index contributed by atoms with van der Waals surface area (Å²) >= 11 is 0. The number of nitrogens with zero attached hydrogens (tertiary/aromatic N) is 1. The average Bonchev–Trinajstić information content (AvgIpc) is 2.51. The van der Waals surface area contributed by atoms with Gasteiger partial charge in [0.2, 0.25) is 0 Å². The van der Waals surface area contributed by atoms with Gasteiger partial charge < -0.3 is 5.11 Å². The van der Waals surface area contributed by atoms with Crippen LogP contribution in [0.25, 0.3) is 6.08 Å². The predicted octanol–water partition coefficient (Wildman–Crippen LogP) is 3.33. The first kappa shape index (κ1) is 15.4. The summed E-state index contributed by atoms with van der Waals surface area (Å²) in [6.45, 7) is 2.14. The molecule has 2 rings (SSSR count). The highest BCUT2D eigenvalue weighted by molar-refractivity contribution is 5.48. The summed E-state index contributed by atoms with van der Waals surface area (Å²) in [6, 6.07) is 16.6. The van der Waals surface area contributed by atoms with E-state index in [1.807, 2.05) is 30.3 Å². The SMILES string of the molecule is OCCN(CC=Cc1ccccc1)Cc1ccc(F)cc1. The van der Waals surface area contributed by atoms with Crippen LogP contribution in [0.2, 0.25) is 0 Å². The number of benzene rings is 2. The normalized spacial score (nSPS) is 11.4. The molecule has 0 unspecified atom stereocenters. The standard InChI is InChI=1S/C18H20FNO/c19-18-10-8-17(9-11-18)15-20(13-14-21)12-4-7-16-5-2-1-3-6-16/h1-11,21H,12-15H2. The zero-order valence-corrected chi connectivity index (χ0v) is 12.0. The Labute approximate surface area is 125 Å². The molecule has 21 heavy (non-hydrogen) atoms. The van der Waals surface area contributed by atoms with Crippen LogP contribution in [-0.4, -0.2) is 29.7 Å². The van der Waals surface area contributed by atoms with Crippen molar-refractivity contribution in [3.63, 3.8) is 0 Å². The topological polar surface area (TPSA) is 23.5 Å². The van der Waals surface area contributed by atoms with Crippen LogP contribution in [0.15, 0.2) is 60.7 Å². The zero-order chi connectivity index (χ0) is 14.9. The third-order valence-electron chi connectivity index (χ3n) is 3.21. The second-order valence-corrected chi connectivity index (χ2v) is 4.90. The van der Waals surface area contributed by atoms with Gasteiger partial charge in [0.1, 0.15) is 5.82 Å². The number of hydrogen-bond donors (Lipinski definition) is 1. The lowest BCUT2D eigenvalue weighted by Gasteiger charge is -2.19. The molecule has 0 aliphatic heterocycles. The number of rotatable bonds is 7. The minimum atomic E-state index is -0.226. The van der Waals surface area contributed by atoms with Gasteiger partial charge in [-0.05, 0) is 23.3 Å². The predicted molar refractivity (Wildman–Crippen MR) is 84.2 cm³/mol. The maximum absolute atomic E-state index is 12.9. The van der Waals surface area contributed by atoms with Crippen molar-refractivity contribution in [3.8, 4) is 0 Å². The Hall–Kier alpha value is -1.97. The van der Waals surface area contributed by atoms with Crippen LogP contribution >= 0.6 is 0 Å². The Kier molecular flexibility index (Phi) is 6.13. The van der Waals surface area contributed by atoms with Crippen LogP contribution in [-0.2, 0) is 6.54 Å². The van der Waals surface area contributed by atoms with E-state index in [1.54, 1.807) is 12.1 Å². The zero-order valence-electron chi connectivity index (χ0n) is 12.0. The van der Waals surface area contributed by atoms with Crippen molar-refractivity contribution in [3.05, 3.63) is 77.6 Å². The second kappa shape index (κ2) is 8.35. The van der Waals surface area contributed by atoms with Crippen LogP contribution in [0.4, 0.5) is 4.39 Å². The highest BCUT2D eigenvalue weighted by Gasteiger charge is 2.03. The van der Waals surface area contributed by atoms with Crippen molar-refractivity contribution < 1.29 is 9.50 Å². The molecule has 0 fully saturated rings. The molecular weight excluding hydrogens is 265 g/mol. The molecule has 0 radical (unpaired) electrons. The summed E-state index contributed by atoms with van der Waals surface area (Å²) in [5.74, 6) is -0.226. The van der Waals surface area contributed by atoms with Crippen LogP contribution in [0.1, 0.15) is 11.1 Å². The fourth-order valence-corrected chi connectivity index (χ4v) is 2.13. The number of aliphatic hydroxyl groups is 1. The van der Waals surface area contributed by atoms with E-state index < -0.39 is 0 Å². The minimum Gasteiger partial charge on any atom is -0.395 e. The van der Waals surface area contributed by atoms with Gasteiger partial charge in [-0.3, -0.25) is 4.90 Å². The van der Waals surface area contributed by atoms with Gasteiger partial charge in [0, 0.05) is 19.6 Å². The second-order valence-electron chi connectivity index (χ2n) is 4.90. The Morgan fingerprint density at radius 1 is 1.00 bits per heavy atom. The van der Waals surface area contributed by atoms with Crippen LogP contribution in [0.5, 0.6) is 0 Å². The lowest BCUT2D eigenvalue weighted by molar-refractivity contribution is 0.203. The van der Waals surface area contributed by atoms with Gasteiger partial charge in [0.25, 0.3) is 0 Å². The molecule has 0 saturated carbocycles. The molecular formula is C18H20FNO. The molecule has 0 bridgehead atoms. The molecule has 0 atom stereocenters. The van der Waals surface area contributed by atoms with Gasteiger partial charge in [-0.25, -0.2) is 4.39 Å². The van der Waals surface area contributed by atoms with E-state index in [0.717, 1.165) is 17.7 Å². The molecule has 1 N–H and O–H groups in total. The molecule has 110 valence electrons. The fraction of sp³-hybridized carbons (Fsp3) is 0.222. The van der Waals surface area contributed by atoms with Crippen LogP contribution in [0.3, 0.4) is 0 Å². The first-order valence-electron chi connectivity index (χ1n) is 7.07. The van der Waals surface area contributed by atoms with Crippen molar-refractivity contribution in [2.45, 2.75) is 6.54 Å². The molecule has 0 saturated heterocycles. The maximum atomic E-state index is 12.9. The average molecular weight is 285 g/mol. The van der Waals surface area contributed by atoms with E-state index in [-0.39, 0.29) is 12.4 Å². The Balaban J connectivity index is 1.92. The number of aliphatic hydroxyl groups excluding tert-OH is 1. The van der Waals surface area contributed by atoms with Crippen molar-refractivity contribution in [2.24, 2.45) is 0 Å². The van der Waals surface area contributed by atoms with Crippen molar-refractivity contribution in [1.82, 2.24) is 4.90 Å². The Morgan fingerprint density at radius 3 is 2.38 bits per heavy atom. The van der Waals surface area contributed by atoms with Gasteiger partial charge in [0.05, 0.1) is 6.61 Å². The van der Waals surface area contributed by atoms with Gasteiger partial charge in [-0.1, -0.05) is 54.6 Å². The molecule has 0 aliphatic rings. The smallest absolute Gasteiger partial charge is 0.123 e. The largest absolute Gasteiger partial charge is 0.395 e. The molecule has 0 aliphatic carbocycles. The molecule has 2 aromatic carbocycles. The first-order chi connectivity index (χ1) is 10.3. The highest BCUT2D eigenvalue weighted by atomic mass is 19.1. The van der Waals surface area contributed by atoms with E-state index in [2.05, 4.69) is 17.1 Å². The van der Waals surface area contributed by atoms with E-state index in [1.165, 1.54) is 12.1 Å². The van der Waals surface area contributed by atoms with Gasteiger partial charge in [0.15, 0.2) is 0 Å². The minimum absolute atomic E-state index is 0.111. The number of halogens is 1. The Morgan fingerprint density at radius 2 is 1.71 bits per heavy atom. The summed E-state index contributed by atoms with van der Waals surface area (Å²) in [6.07, 6.45) is 4.14. The van der Waals surface area contributed by atoms with Crippen LogP contribution in [0, 0.1) is 5.82 Å². The summed E-state index contributed by atoms with van der Waals surface area (Å²) in [5.41, 5.74) is 2.20. The summed E-state index contributed by atoms with van der Waals surface area (Å²) in [4.78, 5) is 2.12. The van der Waals surface area contributed by atoms with Gasteiger partial charge in [-0.15, -0.1) is 0 Å². The highest BCUT2D eigenvalue weighted by Crippen LogP contribution is 2.07. The molecule has 2 nitrogen and oxygen atoms in total. The lowest BCUT2D eigenvalue weighted by atomic mass is 10.2. The molecule has 0 aromatic heterocycles. The summed E-state index contributed by atoms with van der Waals surface area (Å²) in [7, 11) is 0. The van der Waals surface area contributed by atoms with Crippen LogP contribution < -0.4 is 0 Å². The third kappa shape index (κ3) is 5.50. The van der Waals surface area contributed by atoms with Crippen molar-refractivity contribution in [1.29, 1.82) is 0 Å². The van der Waals surface area contributed by atoms with Gasteiger partial charge in [-0.2, -0.15) is 0 Å². The van der Waals surface area contributed by atoms with Crippen molar-refractivity contribution >= 4 is 6.08 Å². The third-order valence-corrected chi connectivity index (χ3v) is 3.21. The molecule has 0 heterocycles. The van der Waals surface area contributed by atoms with Crippen molar-refractivity contribution in [2.75, 3.05) is 19.7 Å². The van der Waals surface area contributed by atoms with E-state index >= 15 is 0 Å². The molecule has 2 aromatic rings. The molecule has 0 spiro atoms. The van der Waals surface area contributed by atoms with E-state index in [0.29, 0.717) is 13.1 Å². The summed E-state index contributed by atoms with van der Waals surface area (Å²) in [5, 5.41) is 9.15. The maximum Gasteiger partial charge on any atom is 0.123 e. The molecule has 3 heteroatoms. The number of hydrogen-bond acceptors (Lipinski definition) is 2.